The van der Waals surface area contributed by atoms with Gasteiger partial charge in [-0.25, -0.2) is 4.39 Å². The normalized spacial score (nSPS) is 10.8. The predicted octanol–water partition coefficient (Wildman–Crippen LogP) is 4.99. The minimum Gasteiger partial charge on any atom is -0.382 e. The molecule has 21 heavy (non-hydrogen) atoms. The predicted molar refractivity (Wildman–Crippen MR) is 89.2 cm³/mol. The van der Waals surface area contributed by atoms with Crippen LogP contribution in [0.25, 0.3) is 22.4 Å². The maximum Gasteiger partial charge on any atom is 0.153 e. The van der Waals surface area contributed by atoms with Crippen molar-refractivity contribution in [1.29, 1.82) is 0 Å². The van der Waals surface area contributed by atoms with Crippen molar-refractivity contribution in [2.75, 3.05) is 5.73 Å². The van der Waals surface area contributed by atoms with E-state index in [9.17, 15) is 4.39 Å². The van der Waals surface area contributed by atoms with E-state index >= 15 is 0 Å². The number of anilines is 1. The van der Waals surface area contributed by atoms with Crippen LogP contribution in [0.2, 0.25) is 0 Å². The fourth-order valence-corrected chi connectivity index (χ4v) is 2.64. The van der Waals surface area contributed by atoms with Crippen molar-refractivity contribution in [2.45, 2.75) is 0 Å². The van der Waals surface area contributed by atoms with Crippen LogP contribution >= 0.6 is 31.9 Å². The van der Waals surface area contributed by atoms with Crippen LogP contribution in [0.5, 0.6) is 0 Å². The number of nitrogen functional groups attached to an aromatic ring is 1. The Morgan fingerprint density at radius 1 is 1.00 bits per heavy atom. The zero-order valence-electron chi connectivity index (χ0n) is 10.7. The molecule has 3 aromatic rings. The lowest BCUT2D eigenvalue weighted by atomic mass is 10.0. The summed E-state index contributed by atoms with van der Waals surface area (Å²) in [7, 11) is 0. The molecule has 0 fully saturated rings. The fourth-order valence-electron chi connectivity index (χ4n) is 2.13. The SMILES string of the molecule is Nc1n[nH]c(-c2ccc(Br)c(F)c2)c1-c1ccc(Br)cc1. The molecule has 3 rings (SSSR count). The van der Waals surface area contributed by atoms with Gasteiger partial charge in [-0.2, -0.15) is 5.10 Å². The van der Waals surface area contributed by atoms with Gasteiger partial charge in [0.05, 0.1) is 15.7 Å². The lowest BCUT2D eigenvalue weighted by Crippen LogP contribution is -1.89. The molecular weight excluding hydrogens is 401 g/mol. The number of nitrogens with one attached hydrogen (secondary N) is 1. The standard InChI is InChI=1S/C15H10Br2FN3/c16-10-4-1-8(2-5-10)13-14(20-21-15(13)19)9-3-6-11(17)12(18)7-9/h1-7H,(H3,19,20,21). The highest BCUT2D eigenvalue weighted by molar-refractivity contribution is 9.10. The first-order valence-electron chi connectivity index (χ1n) is 6.11. The van der Waals surface area contributed by atoms with Crippen LogP contribution in [-0.2, 0) is 0 Å². The van der Waals surface area contributed by atoms with Crippen molar-refractivity contribution in [3.63, 3.8) is 0 Å². The van der Waals surface area contributed by atoms with Gasteiger partial charge < -0.3 is 5.73 Å². The van der Waals surface area contributed by atoms with Gasteiger partial charge in [0.2, 0.25) is 0 Å². The maximum atomic E-state index is 13.7. The van der Waals surface area contributed by atoms with E-state index in [4.69, 9.17) is 5.73 Å². The third kappa shape index (κ3) is 2.73. The Bertz CT molecular complexity index is 797. The van der Waals surface area contributed by atoms with Gasteiger partial charge in [0.15, 0.2) is 5.82 Å². The average molecular weight is 411 g/mol. The molecule has 0 spiro atoms. The first kappa shape index (κ1) is 14.3. The van der Waals surface area contributed by atoms with Gasteiger partial charge in [0.1, 0.15) is 5.82 Å². The number of H-pyrrole nitrogens is 1. The number of nitrogens with zero attached hydrogens (tertiary/aromatic N) is 1. The van der Waals surface area contributed by atoms with Gasteiger partial charge in [-0.1, -0.05) is 34.1 Å². The van der Waals surface area contributed by atoms with Gasteiger partial charge in [0, 0.05) is 10.0 Å². The summed E-state index contributed by atoms with van der Waals surface area (Å²) in [6.45, 7) is 0. The van der Waals surface area contributed by atoms with Crippen LogP contribution in [0, 0.1) is 5.82 Å². The first-order chi connectivity index (χ1) is 10.1. The summed E-state index contributed by atoms with van der Waals surface area (Å²) in [5, 5.41) is 6.93. The van der Waals surface area contributed by atoms with Crippen LogP contribution in [0.4, 0.5) is 10.2 Å². The molecule has 0 aliphatic heterocycles. The molecule has 0 amide bonds. The molecule has 0 saturated heterocycles. The summed E-state index contributed by atoms with van der Waals surface area (Å²) >= 11 is 6.55. The van der Waals surface area contributed by atoms with E-state index in [1.165, 1.54) is 6.07 Å². The molecule has 0 unspecified atom stereocenters. The minimum atomic E-state index is -0.331. The van der Waals surface area contributed by atoms with E-state index in [1.807, 2.05) is 30.3 Å². The molecule has 6 heteroatoms. The lowest BCUT2D eigenvalue weighted by Gasteiger charge is -2.06. The summed E-state index contributed by atoms with van der Waals surface area (Å²) in [5.41, 5.74) is 9.03. The van der Waals surface area contributed by atoms with Crippen molar-refractivity contribution in [3.05, 3.63) is 57.2 Å². The molecule has 106 valence electrons. The van der Waals surface area contributed by atoms with Crippen LogP contribution in [0.15, 0.2) is 51.4 Å². The monoisotopic (exact) mass is 409 g/mol. The zero-order valence-corrected chi connectivity index (χ0v) is 13.9. The van der Waals surface area contributed by atoms with Crippen LogP contribution in [-0.4, -0.2) is 10.2 Å². The molecule has 0 aliphatic rings. The summed E-state index contributed by atoms with van der Waals surface area (Å²) < 4.78 is 15.1. The molecular formula is C15H10Br2FN3. The molecule has 1 aromatic heterocycles. The molecule has 0 aliphatic carbocycles. The summed E-state index contributed by atoms with van der Waals surface area (Å²) in [4.78, 5) is 0. The molecule has 0 radical (unpaired) electrons. The Hall–Kier alpha value is -1.66. The Morgan fingerprint density at radius 2 is 1.67 bits per heavy atom. The number of nitrogens with two attached hydrogens (primary N) is 1. The second-order valence-electron chi connectivity index (χ2n) is 4.49. The average Bonchev–Trinajstić information content (AvgIpc) is 2.85. The third-order valence-corrected chi connectivity index (χ3v) is 4.31. The van der Waals surface area contributed by atoms with E-state index in [0.717, 1.165) is 15.6 Å². The molecule has 3 N–H and O–H groups in total. The summed E-state index contributed by atoms with van der Waals surface area (Å²) in [5.74, 6) is 0.0538. The van der Waals surface area contributed by atoms with Crippen LogP contribution < -0.4 is 5.73 Å². The number of aromatic amines is 1. The van der Waals surface area contributed by atoms with Crippen molar-refractivity contribution >= 4 is 37.7 Å². The maximum absolute atomic E-state index is 13.7. The number of hydrogen-bond acceptors (Lipinski definition) is 2. The van der Waals surface area contributed by atoms with Crippen molar-refractivity contribution in [2.24, 2.45) is 0 Å². The highest BCUT2D eigenvalue weighted by atomic mass is 79.9. The highest BCUT2D eigenvalue weighted by Gasteiger charge is 2.15. The van der Waals surface area contributed by atoms with Crippen LogP contribution in [0.3, 0.4) is 0 Å². The van der Waals surface area contributed by atoms with Crippen molar-refractivity contribution < 1.29 is 4.39 Å². The second kappa shape index (κ2) is 5.61. The third-order valence-electron chi connectivity index (χ3n) is 3.14. The van der Waals surface area contributed by atoms with E-state index in [1.54, 1.807) is 6.07 Å². The molecule has 0 atom stereocenters. The molecule has 1 heterocycles. The molecule has 0 bridgehead atoms. The Labute approximate surface area is 137 Å². The van der Waals surface area contributed by atoms with Crippen LogP contribution in [0.1, 0.15) is 0 Å². The Morgan fingerprint density at radius 3 is 2.33 bits per heavy atom. The quantitative estimate of drug-likeness (QED) is 0.625. The largest absolute Gasteiger partial charge is 0.382 e. The Kier molecular flexibility index (Phi) is 3.82. The topological polar surface area (TPSA) is 54.7 Å². The van der Waals surface area contributed by atoms with Gasteiger partial charge >= 0.3 is 0 Å². The smallest absolute Gasteiger partial charge is 0.153 e. The zero-order chi connectivity index (χ0) is 15.0. The molecule has 0 saturated carbocycles. The van der Waals surface area contributed by atoms with Gasteiger partial charge in [-0.15, -0.1) is 0 Å². The van der Waals surface area contributed by atoms with Gasteiger partial charge in [-0.05, 0) is 45.8 Å². The van der Waals surface area contributed by atoms with Crippen molar-refractivity contribution in [1.82, 2.24) is 10.2 Å². The molecule has 2 aromatic carbocycles. The van der Waals surface area contributed by atoms with Gasteiger partial charge in [-0.3, -0.25) is 5.10 Å². The van der Waals surface area contributed by atoms with E-state index in [2.05, 4.69) is 42.1 Å². The summed E-state index contributed by atoms with van der Waals surface area (Å²) in [6, 6.07) is 12.6. The van der Waals surface area contributed by atoms with E-state index in [-0.39, 0.29) is 5.82 Å². The number of benzene rings is 2. The number of halogens is 3. The Balaban J connectivity index is 2.16. The first-order valence-corrected chi connectivity index (χ1v) is 7.70. The fraction of sp³-hybridized carbons (Fsp3) is 0. The number of hydrogen-bond donors (Lipinski definition) is 2. The van der Waals surface area contributed by atoms with Crippen molar-refractivity contribution in [3.8, 4) is 22.4 Å². The minimum absolute atomic E-state index is 0.331. The highest BCUT2D eigenvalue weighted by Crippen LogP contribution is 2.36. The second-order valence-corrected chi connectivity index (χ2v) is 6.26. The van der Waals surface area contributed by atoms with E-state index in [0.29, 0.717) is 21.5 Å². The molecule has 3 nitrogen and oxygen atoms in total. The number of aromatic nitrogens is 2. The number of rotatable bonds is 2. The summed E-state index contributed by atoms with van der Waals surface area (Å²) in [6.07, 6.45) is 0. The van der Waals surface area contributed by atoms with E-state index < -0.39 is 0 Å². The lowest BCUT2D eigenvalue weighted by molar-refractivity contribution is 0.621. The van der Waals surface area contributed by atoms with Gasteiger partial charge in [0.25, 0.3) is 0 Å².